The normalized spacial score (nSPS) is 21.5. The van der Waals surface area contributed by atoms with Gasteiger partial charge in [0, 0.05) is 5.92 Å². The van der Waals surface area contributed by atoms with Gasteiger partial charge in [-0.3, -0.25) is 4.79 Å². The summed E-state index contributed by atoms with van der Waals surface area (Å²) in [4.78, 5) is 23.7. The van der Waals surface area contributed by atoms with Crippen LogP contribution in [0.5, 0.6) is 5.75 Å². The van der Waals surface area contributed by atoms with E-state index in [1.54, 1.807) is 12.1 Å². The largest absolute Gasteiger partial charge is 0.487 e. The highest BCUT2D eigenvalue weighted by Crippen LogP contribution is 2.46. The molecule has 1 saturated heterocycles. The Morgan fingerprint density at radius 1 is 1.25 bits per heavy atom. The van der Waals surface area contributed by atoms with Crippen molar-refractivity contribution in [1.82, 2.24) is 5.32 Å². The highest BCUT2D eigenvalue weighted by atomic mass is 16.5. The van der Waals surface area contributed by atoms with Crippen molar-refractivity contribution in [3.05, 3.63) is 29.3 Å². The number of carbonyl (C=O) groups excluding carboxylic acids is 2. The summed E-state index contributed by atoms with van der Waals surface area (Å²) in [7, 11) is 2.75. The third kappa shape index (κ3) is 3.24. The minimum atomic E-state index is -0.392. The highest BCUT2D eigenvalue weighted by molar-refractivity contribution is 5.90. The molecule has 1 aromatic carbocycles. The molecule has 6 heteroatoms. The lowest BCUT2D eigenvalue weighted by atomic mass is 9.76. The van der Waals surface area contributed by atoms with Gasteiger partial charge in [0.2, 0.25) is 0 Å². The Morgan fingerprint density at radius 3 is 2.67 bits per heavy atom. The van der Waals surface area contributed by atoms with Crippen LogP contribution in [0, 0.1) is 0 Å². The molecule has 1 aromatic rings. The van der Waals surface area contributed by atoms with Crippen LogP contribution in [-0.2, 0) is 14.3 Å². The van der Waals surface area contributed by atoms with Crippen molar-refractivity contribution in [3.8, 4) is 5.75 Å². The van der Waals surface area contributed by atoms with Crippen molar-refractivity contribution >= 4 is 11.9 Å². The zero-order valence-corrected chi connectivity index (χ0v) is 14.1. The van der Waals surface area contributed by atoms with Gasteiger partial charge in [-0.25, -0.2) is 4.79 Å². The Hall–Kier alpha value is -2.08. The standard InChI is InChI=1S/C18H23NO5/c1-22-16(20)10-13-11-18(5-7-19-8-6-18)24-15-4-3-12(9-14(13)15)17(21)23-2/h3-4,9,13,19H,5-8,10-11H2,1-2H3. The van der Waals surface area contributed by atoms with Crippen molar-refractivity contribution in [2.75, 3.05) is 27.3 Å². The first-order valence-corrected chi connectivity index (χ1v) is 8.26. The zero-order valence-electron chi connectivity index (χ0n) is 14.1. The van der Waals surface area contributed by atoms with Gasteiger partial charge in [-0.15, -0.1) is 0 Å². The van der Waals surface area contributed by atoms with Crippen molar-refractivity contribution in [2.45, 2.75) is 37.2 Å². The van der Waals surface area contributed by atoms with Crippen LogP contribution in [0.25, 0.3) is 0 Å². The number of benzene rings is 1. The minimum absolute atomic E-state index is 0.0242. The van der Waals surface area contributed by atoms with Crippen LogP contribution in [0.4, 0.5) is 0 Å². The molecule has 0 aliphatic carbocycles. The smallest absolute Gasteiger partial charge is 0.337 e. The van der Waals surface area contributed by atoms with Gasteiger partial charge in [-0.2, -0.15) is 0 Å². The molecule has 3 rings (SSSR count). The lowest BCUT2D eigenvalue weighted by molar-refractivity contribution is -0.141. The highest BCUT2D eigenvalue weighted by Gasteiger charge is 2.42. The molecule has 2 aliphatic rings. The summed E-state index contributed by atoms with van der Waals surface area (Å²) in [6.45, 7) is 1.81. The number of nitrogens with one attached hydrogen (secondary N) is 1. The fourth-order valence-corrected chi connectivity index (χ4v) is 3.69. The molecule has 0 amide bonds. The molecule has 1 fully saturated rings. The Labute approximate surface area is 141 Å². The molecule has 0 bridgehead atoms. The van der Waals surface area contributed by atoms with Gasteiger partial charge in [0.1, 0.15) is 11.4 Å². The van der Waals surface area contributed by atoms with E-state index < -0.39 is 5.97 Å². The van der Waals surface area contributed by atoms with E-state index in [9.17, 15) is 9.59 Å². The Bertz CT molecular complexity index is 636. The van der Waals surface area contributed by atoms with Gasteiger partial charge in [-0.05, 0) is 56.1 Å². The predicted octanol–water partition coefficient (Wildman–Crippen LogP) is 2.02. The first-order chi connectivity index (χ1) is 11.6. The molecule has 24 heavy (non-hydrogen) atoms. The summed E-state index contributed by atoms with van der Waals surface area (Å²) in [6.07, 6.45) is 2.85. The van der Waals surface area contributed by atoms with E-state index in [4.69, 9.17) is 14.2 Å². The maximum absolute atomic E-state index is 11.9. The third-order valence-corrected chi connectivity index (χ3v) is 4.97. The van der Waals surface area contributed by atoms with E-state index in [1.807, 2.05) is 6.07 Å². The van der Waals surface area contributed by atoms with Crippen LogP contribution >= 0.6 is 0 Å². The number of fused-ring (bicyclic) bond motifs is 1. The number of ether oxygens (including phenoxy) is 3. The average molecular weight is 333 g/mol. The summed E-state index contributed by atoms with van der Waals surface area (Å²) in [5.74, 6) is 0.0887. The number of hydrogen-bond donors (Lipinski definition) is 1. The van der Waals surface area contributed by atoms with Crippen LogP contribution in [0.1, 0.15) is 47.5 Å². The second-order valence-electron chi connectivity index (χ2n) is 6.46. The Kier molecular flexibility index (Phi) is 4.76. The van der Waals surface area contributed by atoms with Gasteiger partial charge in [0.05, 0.1) is 26.2 Å². The molecule has 0 aromatic heterocycles. The van der Waals surface area contributed by atoms with Gasteiger partial charge < -0.3 is 19.5 Å². The van der Waals surface area contributed by atoms with Gasteiger partial charge in [0.25, 0.3) is 0 Å². The summed E-state index contributed by atoms with van der Waals surface area (Å²) in [5, 5.41) is 3.35. The molecular formula is C18H23NO5. The van der Waals surface area contributed by atoms with E-state index in [1.165, 1.54) is 14.2 Å². The summed E-state index contributed by atoms with van der Waals surface area (Å²) < 4.78 is 16.0. The van der Waals surface area contributed by atoms with Crippen LogP contribution in [0.3, 0.4) is 0 Å². The van der Waals surface area contributed by atoms with Crippen LogP contribution in [0.15, 0.2) is 18.2 Å². The number of esters is 2. The molecule has 0 saturated carbocycles. The van der Waals surface area contributed by atoms with Crippen LogP contribution in [0.2, 0.25) is 0 Å². The molecule has 6 nitrogen and oxygen atoms in total. The second-order valence-corrected chi connectivity index (χ2v) is 6.46. The van der Waals surface area contributed by atoms with Crippen molar-refractivity contribution in [3.63, 3.8) is 0 Å². The first-order valence-electron chi connectivity index (χ1n) is 8.26. The summed E-state index contributed by atoms with van der Waals surface area (Å²) in [5.41, 5.74) is 1.10. The lowest BCUT2D eigenvalue weighted by Gasteiger charge is -2.44. The number of rotatable bonds is 3. The fraction of sp³-hybridized carbons (Fsp3) is 0.556. The van der Waals surface area contributed by atoms with Gasteiger partial charge in [0.15, 0.2) is 0 Å². The third-order valence-electron chi connectivity index (χ3n) is 4.97. The van der Waals surface area contributed by atoms with Crippen molar-refractivity contribution in [2.24, 2.45) is 0 Å². The minimum Gasteiger partial charge on any atom is -0.487 e. The van der Waals surface area contributed by atoms with Crippen molar-refractivity contribution in [1.29, 1.82) is 0 Å². The number of methoxy groups -OCH3 is 2. The molecule has 2 heterocycles. The zero-order chi connectivity index (χ0) is 17.2. The number of hydrogen-bond acceptors (Lipinski definition) is 6. The Balaban J connectivity index is 1.96. The number of carbonyl (C=O) groups is 2. The maximum atomic E-state index is 11.9. The SMILES string of the molecule is COC(=O)CC1CC2(CCNCC2)Oc2ccc(C(=O)OC)cc21. The molecule has 2 aliphatic heterocycles. The quantitative estimate of drug-likeness (QED) is 0.853. The van der Waals surface area contributed by atoms with Crippen LogP contribution in [-0.4, -0.2) is 44.8 Å². The molecule has 1 atom stereocenters. The maximum Gasteiger partial charge on any atom is 0.337 e. The van der Waals surface area contributed by atoms with Crippen LogP contribution < -0.4 is 10.1 Å². The van der Waals surface area contributed by atoms with Gasteiger partial charge in [-0.1, -0.05) is 0 Å². The lowest BCUT2D eigenvalue weighted by Crippen LogP contribution is -2.49. The van der Waals surface area contributed by atoms with E-state index in [2.05, 4.69) is 5.32 Å². The van der Waals surface area contributed by atoms with E-state index in [-0.39, 0.29) is 23.9 Å². The second kappa shape index (κ2) is 6.81. The molecule has 0 radical (unpaired) electrons. The number of piperidine rings is 1. The fourth-order valence-electron chi connectivity index (χ4n) is 3.69. The average Bonchev–Trinajstić information content (AvgIpc) is 2.61. The predicted molar refractivity (Wildman–Crippen MR) is 87.2 cm³/mol. The van der Waals surface area contributed by atoms with E-state index in [0.29, 0.717) is 5.56 Å². The Morgan fingerprint density at radius 2 is 2.00 bits per heavy atom. The van der Waals surface area contributed by atoms with Crippen molar-refractivity contribution < 1.29 is 23.8 Å². The first kappa shape index (κ1) is 16.8. The van der Waals surface area contributed by atoms with E-state index in [0.717, 1.165) is 43.7 Å². The topological polar surface area (TPSA) is 73.9 Å². The monoisotopic (exact) mass is 333 g/mol. The summed E-state index contributed by atoms with van der Waals surface area (Å²) >= 11 is 0. The summed E-state index contributed by atoms with van der Waals surface area (Å²) in [6, 6.07) is 5.30. The molecule has 1 N–H and O–H groups in total. The van der Waals surface area contributed by atoms with Gasteiger partial charge >= 0.3 is 11.9 Å². The molecule has 130 valence electrons. The molecule has 1 spiro atoms. The molecular weight excluding hydrogens is 310 g/mol. The van der Waals surface area contributed by atoms with E-state index >= 15 is 0 Å². The molecule has 1 unspecified atom stereocenters.